The van der Waals surface area contributed by atoms with Gasteiger partial charge in [-0.3, -0.25) is 4.79 Å². The first kappa shape index (κ1) is 19.3. The molecule has 0 N–H and O–H groups in total. The number of aryl methyl sites for hydroxylation is 1. The summed E-state index contributed by atoms with van der Waals surface area (Å²) in [5.74, 6) is 1.11. The first-order valence-corrected chi connectivity index (χ1v) is 11.0. The summed E-state index contributed by atoms with van der Waals surface area (Å²) in [7, 11) is 0. The first-order valence-electron chi connectivity index (χ1n) is 10.6. The molecule has 3 aromatic heterocycles. The number of hydrogen-bond acceptors (Lipinski definition) is 3. The molecule has 1 aliphatic carbocycles. The normalized spacial score (nSPS) is 22.1. The molecule has 0 spiro atoms. The van der Waals surface area contributed by atoms with Crippen molar-refractivity contribution in [2.45, 2.75) is 46.1 Å². The van der Waals surface area contributed by atoms with E-state index in [9.17, 15) is 4.79 Å². The third kappa shape index (κ3) is 2.95. The summed E-state index contributed by atoms with van der Waals surface area (Å²) in [6.07, 6.45) is 7.11. The fourth-order valence-corrected chi connectivity index (χ4v) is 5.08. The lowest BCUT2D eigenvalue weighted by Gasteiger charge is -2.35. The second-order valence-corrected chi connectivity index (χ2v) is 9.06. The van der Waals surface area contributed by atoms with E-state index < -0.39 is 0 Å². The zero-order valence-corrected chi connectivity index (χ0v) is 18.2. The molecule has 6 heteroatoms. The number of benzene rings is 1. The van der Waals surface area contributed by atoms with Crippen LogP contribution in [0, 0.1) is 18.8 Å². The van der Waals surface area contributed by atoms with Gasteiger partial charge in [-0.1, -0.05) is 50.4 Å². The van der Waals surface area contributed by atoms with Gasteiger partial charge in [0.2, 0.25) is 0 Å². The summed E-state index contributed by atoms with van der Waals surface area (Å²) in [4.78, 5) is 18.1. The Labute approximate surface area is 180 Å². The molecule has 0 bridgehead atoms. The van der Waals surface area contributed by atoms with Gasteiger partial charge in [0.1, 0.15) is 0 Å². The van der Waals surface area contributed by atoms with E-state index in [4.69, 9.17) is 16.7 Å². The lowest BCUT2D eigenvalue weighted by atomic mass is 9.78. The van der Waals surface area contributed by atoms with Gasteiger partial charge in [0.25, 0.3) is 5.56 Å². The van der Waals surface area contributed by atoms with Crippen molar-refractivity contribution in [3.63, 3.8) is 0 Å². The summed E-state index contributed by atoms with van der Waals surface area (Å²) in [5, 5.41) is 6.03. The van der Waals surface area contributed by atoms with Crippen molar-refractivity contribution in [3.8, 4) is 11.1 Å². The van der Waals surface area contributed by atoms with Crippen LogP contribution in [0.4, 0.5) is 0 Å². The molecule has 30 heavy (non-hydrogen) atoms. The lowest BCUT2D eigenvalue weighted by Crippen LogP contribution is -2.33. The number of halogens is 1. The van der Waals surface area contributed by atoms with Crippen LogP contribution >= 0.6 is 11.6 Å². The molecule has 5 nitrogen and oxygen atoms in total. The molecule has 0 saturated heterocycles. The summed E-state index contributed by atoms with van der Waals surface area (Å²) >= 11 is 6.05. The Morgan fingerprint density at radius 1 is 1.10 bits per heavy atom. The minimum absolute atomic E-state index is 0.0223. The average molecular weight is 421 g/mol. The van der Waals surface area contributed by atoms with Crippen molar-refractivity contribution in [3.05, 3.63) is 63.8 Å². The van der Waals surface area contributed by atoms with Crippen molar-refractivity contribution in [1.29, 1.82) is 0 Å². The maximum absolute atomic E-state index is 13.4. The Bertz CT molecular complexity index is 1310. The molecule has 1 aliphatic rings. The Morgan fingerprint density at radius 2 is 1.87 bits per heavy atom. The van der Waals surface area contributed by atoms with Crippen LogP contribution in [0.1, 0.15) is 44.8 Å². The Balaban J connectivity index is 1.68. The fraction of sp³-hybridized carbons (Fsp3) is 0.375. The van der Waals surface area contributed by atoms with E-state index in [1.165, 1.54) is 12.8 Å². The topological polar surface area (TPSA) is 52.2 Å². The van der Waals surface area contributed by atoms with Crippen molar-refractivity contribution in [2.75, 3.05) is 0 Å². The fourth-order valence-electron chi connectivity index (χ4n) is 4.95. The van der Waals surface area contributed by atoms with E-state index in [1.54, 1.807) is 10.7 Å². The van der Waals surface area contributed by atoms with Gasteiger partial charge in [0, 0.05) is 29.0 Å². The van der Waals surface area contributed by atoms with Crippen LogP contribution in [0.3, 0.4) is 0 Å². The van der Waals surface area contributed by atoms with Crippen molar-refractivity contribution in [2.24, 2.45) is 11.8 Å². The highest BCUT2D eigenvalue weighted by atomic mass is 35.5. The summed E-state index contributed by atoms with van der Waals surface area (Å²) in [6.45, 7) is 6.53. The van der Waals surface area contributed by atoms with Gasteiger partial charge in [0.15, 0.2) is 5.65 Å². The highest BCUT2D eigenvalue weighted by Crippen LogP contribution is 2.37. The molecule has 1 fully saturated rings. The summed E-state index contributed by atoms with van der Waals surface area (Å²) in [6, 6.07) is 9.93. The molecule has 1 aromatic carbocycles. The smallest absolute Gasteiger partial charge is 0.261 e. The van der Waals surface area contributed by atoms with Crippen LogP contribution in [0.2, 0.25) is 5.02 Å². The van der Waals surface area contributed by atoms with Gasteiger partial charge < -0.3 is 4.57 Å². The second kappa shape index (κ2) is 7.24. The molecule has 3 heterocycles. The minimum atomic E-state index is 0.0223. The van der Waals surface area contributed by atoms with Crippen LogP contribution in [-0.4, -0.2) is 19.2 Å². The molecule has 1 saturated carbocycles. The van der Waals surface area contributed by atoms with Crippen molar-refractivity contribution in [1.82, 2.24) is 19.2 Å². The molecule has 0 amide bonds. The van der Waals surface area contributed by atoms with Gasteiger partial charge in [-0.05, 0) is 48.9 Å². The number of rotatable bonds is 2. The molecule has 3 atom stereocenters. The summed E-state index contributed by atoms with van der Waals surface area (Å²) < 4.78 is 3.72. The van der Waals surface area contributed by atoms with Gasteiger partial charge >= 0.3 is 0 Å². The van der Waals surface area contributed by atoms with E-state index in [0.717, 1.165) is 34.4 Å². The molecule has 5 rings (SSSR count). The number of nitrogens with zero attached hydrogens (tertiary/aromatic N) is 4. The van der Waals surface area contributed by atoms with E-state index in [-0.39, 0.29) is 11.6 Å². The van der Waals surface area contributed by atoms with Gasteiger partial charge in [-0.25, -0.2) is 9.50 Å². The number of pyridine rings is 1. The Hall–Kier alpha value is -2.66. The zero-order valence-electron chi connectivity index (χ0n) is 17.5. The lowest BCUT2D eigenvalue weighted by molar-refractivity contribution is 0.183. The van der Waals surface area contributed by atoms with Gasteiger partial charge in [-0.15, -0.1) is 0 Å². The predicted molar refractivity (Wildman–Crippen MR) is 121 cm³/mol. The molecular formula is C24H25ClN4O. The molecular weight excluding hydrogens is 396 g/mol. The van der Waals surface area contributed by atoms with Crippen LogP contribution in [0.15, 0.2) is 47.5 Å². The summed E-state index contributed by atoms with van der Waals surface area (Å²) in [5.41, 5.74) is 4.41. The van der Waals surface area contributed by atoms with Crippen LogP contribution < -0.4 is 5.56 Å². The maximum Gasteiger partial charge on any atom is 0.261 e. The van der Waals surface area contributed by atoms with Gasteiger partial charge in [0.05, 0.1) is 16.6 Å². The number of hydrogen-bond donors (Lipinski definition) is 0. The molecule has 0 aliphatic heterocycles. The molecule has 0 unspecified atom stereocenters. The largest absolute Gasteiger partial charge is 0.311 e. The number of aromatic nitrogens is 4. The van der Waals surface area contributed by atoms with E-state index >= 15 is 0 Å². The van der Waals surface area contributed by atoms with Crippen molar-refractivity contribution >= 4 is 28.2 Å². The standard InChI is InChI=1S/C24H25ClN4O/c1-14-5-4-6-20(15(14)2)28-12-11-21-19(24(28)30)13-26-23-22(16(3)27-29(21)23)17-7-9-18(25)10-8-17/h7-15,20H,4-6H2,1-3H3/t14-,15+,20+/m1/s1. The first-order chi connectivity index (χ1) is 14.5. The third-order valence-corrected chi connectivity index (χ3v) is 7.12. The molecule has 154 valence electrons. The second-order valence-electron chi connectivity index (χ2n) is 8.62. The van der Waals surface area contributed by atoms with Crippen molar-refractivity contribution < 1.29 is 0 Å². The number of fused-ring (bicyclic) bond motifs is 3. The third-order valence-electron chi connectivity index (χ3n) is 6.87. The Kier molecular flexibility index (Phi) is 4.66. The SMILES string of the molecule is Cc1nn2c(ncc3c(=O)n([C@H]4CCC[C@@H](C)[C@@H]4C)ccc32)c1-c1ccc(Cl)cc1. The van der Waals surface area contributed by atoms with E-state index in [1.807, 2.05) is 48.0 Å². The van der Waals surface area contributed by atoms with Crippen LogP contribution in [0.25, 0.3) is 27.7 Å². The van der Waals surface area contributed by atoms with Gasteiger partial charge in [-0.2, -0.15) is 5.10 Å². The molecule has 4 aromatic rings. The predicted octanol–water partition coefficient (Wildman–Crippen LogP) is 5.67. The van der Waals surface area contributed by atoms with Crippen LogP contribution in [-0.2, 0) is 0 Å². The van der Waals surface area contributed by atoms with E-state index in [0.29, 0.717) is 22.2 Å². The maximum atomic E-state index is 13.4. The molecule has 0 radical (unpaired) electrons. The zero-order chi connectivity index (χ0) is 21.0. The highest BCUT2D eigenvalue weighted by Gasteiger charge is 2.29. The highest BCUT2D eigenvalue weighted by molar-refractivity contribution is 6.30. The Morgan fingerprint density at radius 3 is 2.63 bits per heavy atom. The van der Waals surface area contributed by atoms with Crippen LogP contribution in [0.5, 0.6) is 0 Å². The average Bonchev–Trinajstić information content (AvgIpc) is 3.08. The monoisotopic (exact) mass is 420 g/mol. The minimum Gasteiger partial charge on any atom is -0.311 e. The quantitative estimate of drug-likeness (QED) is 0.419. The van der Waals surface area contributed by atoms with E-state index in [2.05, 4.69) is 18.8 Å².